The van der Waals surface area contributed by atoms with E-state index in [1.807, 2.05) is 13.0 Å². The number of imide groups is 1. The van der Waals surface area contributed by atoms with Crippen LogP contribution in [0.15, 0.2) is 28.7 Å². The number of amides is 2. The number of halogens is 2. The van der Waals surface area contributed by atoms with E-state index < -0.39 is 0 Å². The van der Waals surface area contributed by atoms with Crippen LogP contribution in [0.4, 0.5) is 5.69 Å². The topological polar surface area (TPSA) is 77.1 Å². The Balaban J connectivity index is 0.00000192. The molecule has 0 atom stereocenters. The van der Waals surface area contributed by atoms with Crippen molar-refractivity contribution < 1.29 is 39.0 Å². The van der Waals surface area contributed by atoms with Crippen LogP contribution in [-0.2, 0) is 0 Å². The Morgan fingerprint density at radius 1 is 1.22 bits per heavy atom. The van der Waals surface area contributed by atoms with Crippen molar-refractivity contribution in [2.75, 3.05) is 6.54 Å². The van der Waals surface area contributed by atoms with E-state index in [1.165, 1.54) is 4.90 Å². The van der Waals surface area contributed by atoms with Crippen molar-refractivity contribution in [1.29, 1.82) is 0 Å². The molecule has 0 radical (unpaired) electrons. The summed E-state index contributed by atoms with van der Waals surface area (Å²) in [5.74, 6) is -0.583. The summed E-state index contributed by atoms with van der Waals surface area (Å²) in [5, 5.41) is 12.6. The maximum absolute atomic E-state index is 12.7. The van der Waals surface area contributed by atoms with Crippen LogP contribution in [0.5, 0.6) is 0 Å². The number of quaternary nitrogens is 1. The maximum atomic E-state index is 12.7. The SMILES string of the molecule is CCCCN1C(=O)c2cccc3c(Br)c([NH2+][O-])cc(c23)C1=O.[I-]. The summed E-state index contributed by atoms with van der Waals surface area (Å²) in [7, 11) is 0. The summed E-state index contributed by atoms with van der Waals surface area (Å²) in [6.45, 7) is 2.41. The molecule has 0 saturated carbocycles. The predicted molar refractivity (Wildman–Crippen MR) is 86.9 cm³/mol. The predicted octanol–water partition coefficient (Wildman–Crippen LogP) is -0.305. The van der Waals surface area contributed by atoms with Gasteiger partial charge < -0.3 is 34.7 Å². The van der Waals surface area contributed by atoms with E-state index in [0.29, 0.717) is 44.1 Å². The Kier molecular flexibility index (Phi) is 5.77. The summed E-state index contributed by atoms with van der Waals surface area (Å²) in [4.78, 5) is 26.6. The molecule has 0 spiro atoms. The van der Waals surface area contributed by atoms with Gasteiger partial charge in [-0.2, -0.15) is 0 Å². The molecule has 1 aliphatic heterocycles. The number of nitrogens with zero attached hydrogens (tertiary/aromatic N) is 1. The molecule has 7 heteroatoms. The first kappa shape index (κ1) is 18.3. The third kappa shape index (κ3) is 2.90. The molecule has 0 aromatic heterocycles. The number of nitrogens with two attached hydrogens (primary N) is 1. The van der Waals surface area contributed by atoms with Crippen LogP contribution >= 0.6 is 15.9 Å². The fourth-order valence-corrected chi connectivity index (χ4v) is 3.35. The van der Waals surface area contributed by atoms with Crippen LogP contribution in [-0.4, -0.2) is 23.3 Å². The van der Waals surface area contributed by atoms with E-state index in [9.17, 15) is 14.8 Å². The summed E-state index contributed by atoms with van der Waals surface area (Å²) >= 11 is 3.39. The van der Waals surface area contributed by atoms with E-state index in [1.54, 1.807) is 18.2 Å². The molecule has 0 unspecified atom stereocenters. The van der Waals surface area contributed by atoms with Gasteiger partial charge in [-0.15, -0.1) is 0 Å². The molecule has 2 N–H and O–H groups in total. The first-order chi connectivity index (χ1) is 10.6. The standard InChI is InChI=1S/C16H15BrN2O3.HI/c1-2-3-7-19-15(20)10-6-4-5-9-13(10)11(16(19)21)8-12(18-22)14(9)17;/h4-6,8H,2-3,7,18H2,1H3;1H/p-1. The number of carbonyl (C=O) groups is 2. The second kappa shape index (κ2) is 7.25. The number of benzene rings is 2. The lowest BCUT2D eigenvalue weighted by atomic mass is 9.93. The fraction of sp³-hybridized carbons (Fsp3) is 0.250. The van der Waals surface area contributed by atoms with Crippen LogP contribution in [0, 0.1) is 5.21 Å². The van der Waals surface area contributed by atoms with Crippen molar-refractivity contribution in [1.82, 2.24) is 4.90 Å². The second-order valence-electron chi connectivity index (χ2n) is 5.29. The summed E-state index contributed by atoms with van der Waals surface area (Å²) in [6.07, 6.45) is 1.66. The summed E-state index contributed by atoms with van der Waals surface area (Å²) < 4.78 is 0.616. The van der Waals surface area contributed by atoms with Gasteiger partial charge in [0.15, 0.2) is 0 Å². The number of rotatable bonds is 4. The van der Waals surface area contributed by atoms with E-state index in [0.717, 1.165) is 12.8 Å². The Morgan fingerprint density at radius 2 is 1.91 bits per heavy atom. The van der Waals surface area contributed by atoms with E-state index in [4.69, 9.17) is 0 Å². The Labute approximate surface area is 159 Å². The normalized spacial score (nSPS) is 13.4. The molecule has 0 bridgehead atoms. The molecule has 1 aliphatic rings. The number of hydrogen-bond donors (Lipinski definition) is 1. The van der Waals surface area contributed by atoms with Gasteiger partial charge in [0, 0.05) is 28.9 Å². The van der Waals surface area contributed by atoms with Crippen LogP contribution in [0.1, 0.15) is 40.5 Å². The van der Waals surface area contributed by atoms with Crippen LogP contribution in [0.3, 0.4) is 0 Å². The maximum Gasteiger partial charge on any atom is 0.261 e. The average molecular weight is 490 g/mol. The highest BCUT2D eigenvalue weighted by Crippen LogP contribution is 2.37. The van der Waals surface area contributed by atoms with E-state index in [2.05, 4.69) is 15.9 Å². The molecule has 2 amide bonds. The van der Waals surface area contributed by atoms with Crippen molar-refractivity contribution in [2.45, 2.75) is 19.8 Å². The summed E-state index contributed by atoms with van der Waals surface area (Å²) in [6, 6.07) is 6.87. The van der Waals surface area contributed by atoms with Crippen molar-refractivity contribution in [2.24, 2.45) is 0 Å². The molecule has 0 fully saturated rings. The van der Waals surface area contributed by atoms with Crippen LogP contribution in [0.25, 0.3) is 10.8 Å². The molecule has 3 rings (SSSR count). The quantitative estimate of drug-likeness (QED) is 0.277. The molecule has 2 aromatic carbocycles. The zero-order valence-electron chi connectivity index (χ0n) is 12.4. The smallest absolute Gasteiger partial charge is 0.261 e. The largest absolute Gasteiger partial charge is 1.00 e. The van der Waals surface area contributed by atoms with Crippen molar-refractivity contribution in [3.63, 3.8) is 0 Å². The molecule has 23 heavy (non-hydrogen) atoms. The first-order valence-electron chi connectivity index (χ1n) is 7.16. The molecular weight excluding hydrogens is 475 g/mol. The highest BCUT2D eigenvalue weighted by atomic mass is 127. The van der Waals surface area contributed by atoms with Crippen LogP contribution in [0.2, 0.25) is 0 Å². The lowest BCUT2D eigenvalue weighted by Gasteiger charge is -2.27. The zero-order chi connectivity index (χ0) is 15.9. The fourth-order valence-electron chi connectivity index (χ4n) is 2.81. The van der Waals surface area contributed by atoms with Crippen LogP contribution < -0.4 is 29.5 Å². The lowest BCUT2D eigenvalue weighted by Crippen LogP contribution is -3.00. The minimum Gasteiger partial charge on any atom is -1.00 e. The van der Waals surface area contributed by atoms with Gasteiger partial charge in [-0.3, -0.25) is 14.5 Å². The van der Waals surface area contributed by atoms with E-state index >= 15 is 0 Å². The number of carbonyl (C=O) groups excluding carboxylic acids is 2. The van der Waals surface area contributed by atoms with Gasteiger partial charge in [-0.25, -0.2) is 0 Å². The van der Waals surface area contributed by atoms with E-state index in [-0.39, 0.29) is 35.8 Å². The van der Waals surface area contributed by atoms with Crippen molar-refractivity contribution >= 4 is 44.2 Å². The highest BCUT2D eigenvalue weighted by Gasteiger charge is 2.33. The minimum atomic E-state index is -0.322. The molecule has 122 valence electrons. The highest BCUT2D eigenvalue weighted by molar-refractivity contribution is 9.10. The average Bonchev–Trinajstić information content (AvgIpc) is 2.54. The summed E-state index contributed by atoms with van der Waals surface area (Å²) in [5.41, 5.74) is 2.07. The molecule has 1 heterocycles. The molecule has 0 aliphatic carbocycles. The van der Waals surface area contributed by atoms with Crippen molar-refractivity contribution in [3.8, 4) is 0 Å². The zero-order valence-corrected chi connectivity index (χ0v) is 16.2. The Bertz CT molecular complexity index is 794. The van der Waals surface area contributed by atoms with Gasteiger partial charge in [0.25, 0.3) is 11.8 Å². The first-order valence-corrected chi connectivity index (χ1v) is 7.96. The van der Waals surface area contributed by atoms with Gasteiger partial charge >= 0.3 is 0 Å². The molecule has 5 nitrogen and oxygen atoms in total. The Hall–Kier alpha value is -1.03. The van der Waals surface area contributed by atoms with Gasteiger partial charge in [-0.05, 0) is 28.4 Å². The lowest BCUT2D eigenvalue weighted by molar-refractivity contribution is -0.497. The van der Waals surface area contributed by atoms with Gasteiger partial charge in [0.1, 0.15) is 5.69 Å². The minimum absolute atomic E-state index is 0. The van der Waals surface area contributed by atoms with Crippen molar-refractivity contribution in [3.05, 3.63) is 45.1 Å². The third-order valence-electron chi connectivity index (χ3n) is 3.94. The van der Waals surface area contributed by atoms with Gasteiger partial charge in [-0.1, -0.05) is 25.5 Å². The monoisotopic (exact) mass is 489 g/mol. The van der Waals surface area contributed by atoms with Gasteiger partial charge in [0.2, 0.25) is 0 Å². The Morgan fingerprint density at radius 3 is 2.57 bits per heavy atom. The number of unbranched alkanes of at least 4 members (excludes halogenated alkanes) is 1. The third-order valence-corrected chi connectivity index (χ3v) is 4.82. The second-order valence-corrected chi connectivity index (χ2v) is 6.08. The van der Waals surface area contributed by atoms with Gasteiger partial charge in [0.05, 0.1) is 10.0 Å². The molecule has 2 aromatic rings. The molecular formula is C16H15BrIN2O3-. The number of hydrogen-bond acceptors (Lipinski definition) is 3. The molecule has 0 saturated heterocycles.